The lowest BCUT2D eigenvalue weighted by molar-refractivity contribution is -0.113. The molecule has 0 aromatic carbocycles. The predicted molar refractivity (Wildman–Crippen MR) is 102 cm³/mol. The molecule has 1 aliphatic rings. The Morgan fingerprint density at radius 3 is 2.85 bits per heavy atom. The largest absolute Gasteiger partial charge is 0.465 e. The molecule has 0 aliphatic heterocycles. The average Bonchev–Trinajstić information content (AvgIpc) is 3.26. The second-order valence-corrected chi connectivity index (χ2v) is 8.09. The molecule has 0 saturated heterocycles. The monoisotopic (exact) mass is 394 g/mol. The minimum atomic E-state index is -0.459. The SMILES string of the molecule is COC(=O)c1ccsc1NC(=O)CSc1nnc(C2CCCCC2)n1C. The normalized spacial score (nSPS) is 15.0. The highest BCUT2D eigenvalue weighted by atomic mass is 32.2. The summed E-state index contributed by atoms with van der Waals surface area (Å²) in [5.41, 5.74) is 0.370. The van der Waals surface area contributed by atoms with Crippen molar-refractivity contribution >= 4 is 40.0 Å². The van der Waals surface area contributed by atoms with E-state index in [1.54, 1.807) is 11.4 Å². The molecular formula is C17H22N4O3S2. The number of rotatable bonds is 6. The molecular weight excluding hydrogens is 372 g/mol. The van der Waals surface area contributed by atoms with Crippen LogP contribution in [0.3, 0.4) is 0 Å². The Morgan fingerprint density at radius 1 is 1.35 bits per heavy atom. The summed E-state index contributed by atoms with van der Waals surface area (Å²) in [5.74, 6) is 1.04. The highest BCUT2D eigenvalue weighted by molar-refractivity contribution is 7.99. The summed E-state index contributed by atoms with van der Waals surface area (Å²) in [6.07, 6.45) is 6.10. The molecule has 0 unspecified atom stereocenters. The molecule has 1 saturated carbocycles. The van der Waals surface area contributed by atoms with Crippen LogP contribution in [0.5, 0.6) is 0 Å². The van der Waals surface area contributed by atoms with Crippen LogP contribution in [0.25, 0.3) is 0 Å². The number of nitrogens with zero attached hydrogens (tertiary/aromatic N) is 3. The van der Waals surface area contributed by atoms with Crippen molar-refractivity contribution in [1.82, 2.24) is 14.8 Å². The van der Waals surface area contributed by atoms with Gasteiger partial charge in [0.05, 0.1) is 18.4 Å². The van der Waals surface area contributed by atoms with E-state index in [0.29, 0.717) is 16.5 Å². The minimum absolute atomic E-state index is 0.190. The molecule has 0 bridgehead atoms. The van der Waals surface area contributed by atoms with E-state index in [1.807, 2.05) is 11.6 Å². The summed E-state index contributed by atoms with van der Waals surface area (Å²) >= 11 is 2.64. The van der Waals surface area contributed by atoms with Gasteiger partial charge >= 0.3 is 5.97 Å². The lowest BCUT2D eigenvalue weighted by atomic mass is 9.89. The van der Waals surface area contributed by atoms with E-state index >= 15 is 0 Å². The number of esters is 1. The van der Waals surface area contributed by atoms with Gasteiger partial charge in [-0.05, 0) is 24.3 Å². The van der Waals surface area contributed by atoms with Crippen LogP contribution in [-0.4, -0.2) is 39.5 Å². The highest BCUT2D eigenvalue weighted by Gasteiger charge is 2.22. The number of hydrogen-bond acceptors (Lipinski definition) is 7. The number of aromatic nitrogens is 3. The number of amides is 1. The average molecular weight is 395 g/mol. The quantitative estimate of drug-likeness (QED) is 0.597. The second kappa shape index (κ2) is 8.68. The summed E-state index contributed by atoms with van der Waals surface area (Å²) in [7, 11) is 3.28. The Balaban J connectivity index is 1.57. The van der Waals surface area contributed by atoms with E-state index in [4.69, 9.17) is 4.74 Å². The molecule has 26 heavy (non-hydrogen) atoms. The van der Waals surface area contributed by atoms with Gasteiger partial charge in [-0.25, -0.2) is 4.79 Å². The zero-order valence-corrected chi connectivity index (χ0v) is 16.5. The number of thioether (sulfide) groups is 1. The molecule has 1 fully saturated rings. The summed E-state index contributed by atoms with van der Waals surface area (Å²) in [4.78, 5) is 23.9. The van der Waals surface area contributed by atoms with Crippen molar-refractivity contribution in [2.24, 2.45) is 7.05 Å². The standard InChI is InChI=1S/C17H22N4O3S2/c1-21-14(11-6-4-3-5-7-11)19-20-17(21)26-10-13(22)18-15-12(8-9-25-15)16(23)24-2/h8-9,11H,3-7,10H2,1-2H3,(H,18,22). The van der Waals surface area contributed by atoms with E-state index in [0.717, 1.165) is 23.8 Å². The van der Waals surface area contributed by atoms with Gasteiger partial charge in [-0.15, -0.1) is 21.5 Å². The number of carbonyl (C=O) groups is 2. The van der Waals surface area contributed by atoms with Crippen LogP contribution in [0.4, 0.5) is 5.00 Å². The summed E-state index contributed by atoms with van der Waals surface area (Å²) in [5, 5.41) is 14.3. The number of methoxy groups -OCH3 is 1. The fourth-order valence-corrected chi connectivity index (χ4v) is 4.65. The number of nitrogens with one attached hydrogen (secondary N) is 1. The van der Waals surface area contributed by atoms with Crippen LogP contribution < -0.4 is 5.32 Å². The molecule has 0 atom stereocenters. The lowest BCUT2D eigenvalue weighted by Crippen LogP contribution is -2.16. The van der Waals surface area contributed by atoms with Gasteiger partial charge in [0.25, 0.3) is 0 Å². The molecule has 2 aromatic rings. The van der Waals surface area contributed by atoms with Crippen molar-refractivity contribution in [3.05, 3.63) is 22.8 Å². The van der Waals surface area contributed by atoms with Crippen LogP contribution in [0.1, 0.15) is 54.2 Å². The summed E-state index contributed by atoms with van der Waals surface area (Å²) in [6.45, 7) is 0. The van der Waals surface area contributed by atoms with Gasteiger partial charge in [0, 0.05) is 13.0 Å². The van der Waals surface area contributed by atoms with Crippen LogP contribution in [0, 0.1) is 0 Å². The predicted octanol–water partition coefficient (Wildman–Crippen LogP) is 3.44. The van der Waals surface area contributed by atoms with Crippen LogP contribution in [-0.2, 0) is 16.6 Å². The number of hydrogen-bond donors (Lipinski definition) is 1. The maximum absolute atomic E-state index is 12.2. The van der Waals surface area contributed by atoms with Gasteiger partial charge in [0.2, 0.25) is 5.91 Å². The molecule has 140 valence electrons. The number of thiophene rings is 1. The third-order valence-corrected chi connectivity index (χ3v) is 6.34. The van der Waals surface area contributed by atoms with Crippen molar-refractivity contribution in [3.63, 3.8) is 0 Å². The lowest BCUT2D eigenvalue weighted by Gasteiger charge is -2.20. The molecule has 1 amide bonds. The third-order valence-electron chi connectivity index (χ3n) is 4.49. The fraction of sp³-hybridized carbons (Fsp3) is 0.529. The molecule has 1 N–H and O–H groups in total. The first-order valence-electron chi connectivity index (χ1n) is 8.58. The Bertz CT molecular complexity index is 781. The molecule has 0 radical (unpaired) electrons. The van der Waals surface area contributed by atoms with E-state index < -0.39 is 5.97 Å². The number of carbonyl (C=O) groups excluding carboxylic acids is 2. The van der Waals surface area contributed by atoms with Gasteiger partial charge in [0.15, 0.2) is 5.16 Å². The van der Waals surface area contributed by atoms with Gasteiger partial charge in [-0.1, -0.05) is 31.0 Å². The highest BCUT2D eigenvalue weighted by Crippen LogP contribution is 2.32. The molecule has 2 aromatic heterocycles. The Hall–Kier alpha value is -1.87. The number of ether oxygens (including phenoxy) is 1. The van der Waals surface area contributed by atoms with Crippen molar-refractivity contribution in [1.29, 1.82) is 0 Å². The van der Waals surface area contributed by atoms with E-state index in [2.05, 4.69) is 15.5 Å². The van der Waals surface area contributed by atoms with Crippen molar-refractivity contribution in [2.45, 2.75) is 43.2 Å². The van der Waals surface area contributed by atoms with E-state index in [1.165, 1.54) is 49.5 Å². The van der Waals surface area contributed by atoms with Gasteiger partial charge in [-0.2, -0.15) is 0 Å². The summed E-state index contributed by atoms with van der Waals surface area (Å²) < 4.78 is 6.71. The first-order valence-corrected chi connectivity index (χ1v) is 10.4. The number of anilines is 1. The summed E-state index contributed by atoms with van der Waals surface area (Å²) in [6, 6.07) is 1.64. The zero-order chi connectivity index (χ0) is 18.5. The van der Waals surface area contributed by atoms with Crippen LogP contribution >= 0.6 is 23.1 Å². The van der Waals surface area contributed by atoms with Crippen molar-refractivity contribution in [3.8, 4) is 0 Å². The Kier molecular flexibility index (Phi) is 6.31. The molecule has 7 nitrogen and oxygen atoms in total. The maximum Gasteiger partial charge on any atom is 0.340 e. The zero-order valence-electron chi connectivity index (χ0n) is 14.9. The second-order valence-electron chi connectivity index (χ2n) is 6.23. The van der Waals surface area contributed by atoms with Crippen molar-refractivity contribution < 1.29 is 14.3 Å². The minimum Gasteiger partial charge on any atom is -0.465 e. The molecule has 9 heteroatoms. The first-order chi connectivity index (χ1) is 12.6. The first kappa shape index (κ1) is 18.9. The maximum atomic E-state index is 12.2. The van der Waals surface area contributed by atoms with Gasteiger partial charge in [-0.3, -0.25) is 4.79 Å². The third kappa shape index (κ3) is 4.27. The van der Waals surface area contributed by atoms with E-state index in [9.17, 15) is 9.59 Å². The Morgan fingerprint density at radius 2 is 2.12 bits per heavy atom. The Labute approximate surface area is 160 Å². The van der Waals surface area contributed by atoms with Crippen molar-refractivity contribution in [2.75, 3.05) is 18.2 Å². The van der Waals surface area contributed by atoms with Gasteiger partial charge < -0.3 is 14.6 Å². The fourth-order valence-electron chi connectivity index (χ4n) is 3.14. The van der Waals surface area contributed by atoms with Crippen LogP contribution in [0.2, 0.25) is 0 Å². The van der Waals surface area contributed by atoms with Crippen LogP contribution in [0.15, 0.2) is 16.6 Å². The smallest absolute Gasteiger partial charge is 0.340 e. The molecule has 1 aliphatic carbocycles. The van der Waals surface area contributed by atoms with E-state index in [-0.39, 0.29) is 11.7 Å². The van der Waals surface area contributed by atoms with Gasteiger partial charge in [0.1, 0.15) is 10.8 Å². The molecule has 3 rings (SSSR count). The topological polar surface area (TPSA) is 86.1 Å². The molecule has 2 heterocycles. The molecule has 0 spiro atoms.